The van der Waals surface area contributed by atoms with Gasteiger partial charge in [0.15, 0.2) is 0 Å². The fraction of sp³-hybridized carbons (Fsp3) is 0.135. The number of rotatable bonds is 9. The van der Waals surface area contributed by atoms with Crippen molar-refractivity contribution in [3.05, 3.63) is 144 Å². The lowest BCUT2D eigenvalue weighted by atomic mass is 10.1. The van der Waals surface area contributed by atoms with E-state index in [1.165, 1.54) is 0 Å². The van der Waals surface area contributed by atoms with Crippen LogP contribution in [0.25, 0.3) is 21.8 Å². The lowest BCUT2D eigenvalue weighted by Gasteiger charge is -2.21. The summed E-state index contributed by atoms with van der Waals surface area (Å²) in [6, 6.07) is 24.5. The summed E-state index contributed by atoms with van der Waals surface area (Å²) in [4.78, 5) is 47.4. The zero-order chi connectivity index (χ0) is 30.3. The number of carbonyl (C=O) groups is 3. The molecule has 0 saturated carbocycles. The van der Waals surface area contributed by atoms with Crippen molar-refractivity contribution in [2.24, 2.45) is 0 Å². The molecule has 214 valence electrons. The molecule has 43 heavy (non-hydrogen) atoms. The van der Waals surface area contributed by atoms with Crippen LogP contribution in [0.15, 0.2) is 127 Å². The molecule has 5 aromatic rings. The first-order valence-corrected chi connectivity index (χ1v) is 14.2. The lowest BCUT2D eigenvalue weighted by molar-refractivity contribution is -0.124. The van der Waals surface area contributed by atoms with Gasteiger partial charge in [-0.25, -0.2) is 4.90 Å². The van der Waals surface area contributed by atoms with E-state index in [9.17, 15) is 14.4 Å². The van der Waals surface area contributed by atoms with E-state index < -0.39 is 17.6 Å². The van der Waals surface area contributed by atoms with Crippen LogP contribution in [-0.2, 0) is 16.1 Å². The Morgan fingerprint density at radius 3 is 2.47 bits per heavy atom. The second-order valence-electron chi connectivity index (χ2n) is 10.4. The molecule has 0 N–H and O–H groups in total. The SMILES string of the molecule is C\C=C/C=C(\C=C/C)CC(=O)N(C(=O)C(=O)c1cn(Cc2ccc(C)cc2)c2ccccc12)c1ccc2ncccc2c1. The van der Waals surface area contributed by atoms with Crippen LogP contribution in [0, 0.1) is 6.92 Å². The van der Waals surface area contributed by atoms with Gasteiger partial charge < -0.3 is 4.57 Å². The monoisotopic (exact) mass is 567 g/mol. The molecule has 6 heteroatoms. The second kappa shape index (κ2) is 13.1. The number of imide groups is 1. The van der Waals surface area contributed by atoms with Crippen LogP contribution in [-0.4, -0.2) is 27.1 Å². The molecule has 2 aromatic heterocycles. The predicted octanol–water partition coefficient (Wildman–Crippen LogP) is 7.76. The highest BCUT2D eigenvalue weighted by atomic mass is 16.2. The Bertz CT molecular complexity index is 1910. The van der Waals surface area contributed by atoms with E-state index in [-0.39, 0.29) is 12.0 Å². The number of aryl methyl sites for hydroxylation is 1. The molecule has 0 spiro atoms. The number of fused-ring (bicyclic) bond motifs is 2. The average Bonchev–Trinajstić information content (AvgIpc) is 3.38. The first kappa shape index (κ1) is 29.1. The third-order valence-corrected chi connectivity index (χ3v) is 7.24. The van der Waals surface area contributed by atoms with Gasteiger partial charge in [-0.15, -0.1) is 0 Å². The van der Waals surface area contributed by atoms with Gasteiger partial charge in [-0.1, -0.05) is 84.5 Å². The number of Topliss-reactive ketones (excluding diaryl/α,β-unsaturated/α-hetero) is 1. The molecular formula is C37H33N3O3. The zero-order valence-corrected chi connectivity index (χ0v) is 24.5. The largest absolute Gasteiger partial charge is 0.342 e. The predicted molar refractivity (Wildman–Crippen MR) is 173 cm³/mol. The number of hydrogen-bond acceptors (Lipinski definition) is 4. The summed E-state index contributed by atoms with van der Waals surface area (Å²) in [5, 5.41) is 1.41. The molecule has 0 fully saturated rings. The first-order valence-electron chi connectivity index (χ1n) is 14.2. The maximum atomic E-state index is 14.1. The number of pyridine rings is 1. The Kier molecular flexibility index (Phi) is 8.87. The quantitative estimate of drug-likeness (QED) is 0.104. The van der Waals surface area contributed by atoms with Gasteiger partial charge in [0.1, 0.15) is 0 Å². The number of nitrogens with zero attached hydrogens (tertiary/aromatic N) is 3. The van der Waals surface area contributed by atoms with Crippen molar-refractivity contribution in [1.29, 1.82) is 0 Å². The highest BCUT2D eigenvalue weighted by Crippen LogP contribution is 2.27. The van der Waals surface area contributed by atoms with Crippen molar-refractivity contribution in [3.63, 3.8) is 0 Å². The molecule has 0 unspecified atom stereocenters. The summed E-state index contributed by atoms with van der Waals surface area (Å²) < 4.78 is 1.97. The summed E-state index contributed by atoms with van der Waals surface area (Å²) in [5.74, 6) is -2.15. The third kappa shape index (κ3) is 6.44. The minimum Gasteiger partial charge on any atom is -0.342 e. The van der Waals surface area contributed by atoms with Crippen molar-refractivity contribution in [1.82, 2.24) is 9.55 Å². The Morgan fingerprint density at radius 2 is 1.70 bits per heavy atom. The number of carbonyl (C=O) groups excluding carboxylic acids is 3. The van der Waals surface area contributed by atoms with E-state index in [4.69, 9.17) is 0 Å². The van der Waals surface area contributed by atoms with Gasteiger partial charge in [0.2, 0.25) is 5.91 Å². The van der Waals surface area contributed by atoms with Gasteiger partial charge in [0.25, 0.3) is 5.78 Å². The van der Waals surface area contributed by atoms with E-state index in [0.717, 1.165) is 32.4 Å². The standard InChI is InChI=1S/C37H33N3O3/c1-4-6-11-27(10-5-2)22-35(41)40(30-19-20-33-29(23-30)12-9-21-38-33)37(43)36(42)32-25-39(34-14-8-7-13-31(32)34)24-28-17-15-26(3)16-18-28/h4-21,23,25H,22,24H2,1-3H3/b6-4-,10-5-,27-11+. The molecule has 2 heterocycles. The van der Waals surface area contributed by atoms with Crippen LogP contribution in [0.5, 0.6) is 0 Å². The minimum absolute atomic E-state index is 0.0615. The Morgan fingerprint density at radius 1 is 0.907 bits per heavy atom. The van der Waals surface area contributed by atoms with Gasteiger partial charge in [-0.2, -0.15) is 0 Å². The Labute approximate surface area is 251 Å². The molecule has 0 bridgehead atoms. The van der Waals surface area contributed by atoms with Gasteiger partial charge in [-0.3, -0.25) is 19.4 Å². The zero-order valence-electron chi connectivity index (χ0n) is 24.5. The first-order chi connectivity index (χ1) is 20.9. The molecule has 6 nitrogen and oxygen atoms in total. The van der Waals surface area contributed by atoms with Crippen LogP contribution in [0.3, 0.4) is 0 Å². The van der Waals surface area contributed by atoms with Crippen LogP contribution in [0.4, 0.5) is 5.69 Å². The van der Waals surface area contributed by atoms with Crippen LogP contribution in [0.2, 0.25) is 0 Å². The molecular weight excluding hydrogens is 534 g/mol. The van der Waals surface area contributed by atoms with E-state index in [2.05, 4.69) is 17.1 Å². The number of benzene rings is 3. The number of aromatic nitrogens is 2. The molecule has 0 aliphatic carbocycles. The van der Waals surface area contributed by atoms with Crippen LogP contribution in [0.1, 0.15) is 41.8 Å². The average molecular weight is 568 g/mol. The number of ketones is 1. The number of hydrogen-bond donors (Lipinski definition) is 0. The molecule has 5 rings (SSSR count). The summed E-state index contributed by atoms with van der Waals surface area (Å²) in [7, 11) is 0. The van der Waals surface area contributed by atoms with Crippen molar-refractivity contribution >= 4 is 45.1 Å². The van der Waals surface area contributed by atoms with Gasteiger partial charge >= 0.3 is 5.91 Å². The van der Waals surface area contributed by atoms with Crippen molar-refractivity contribution in [2.45, 2.75) is 33.7 Å². The minimum atomic E-state index is -0.905. The number of amides is 2. The third-order valence-electron chi connectivity index (χ3n) is 7.24. The van der Waals surface area contributed by atoms with Gasteiger partial charge in [0.05, 0.1) is 23.2 Å². The maximum Gasteiger partial charge on any atom is 0.306 e. The smallest absolute Gasteiger partial charge is 0.306 e. The van der Waals surface area contributed by atoms with Crippen LogP contribution >= 0.6 is 0 Å². The lowest BCUT2D eigenvalue weighted by Crippen LogP contribution is -2.41. The maximum absolute atomic E-state index is 14.1. The van der Waals surface area contributed by atoms with E-state index in [0.29, 0.717) is 23.2 Å². The van der Waals surface area contributed by atoms with Crippen LogP contribution < -0.4 is 4.90 Å². The van der Waals surface area contributed by atoms with Crippen molar-refractivity contribution in [2.75, 3.05) is 4.90 Å². The molecule has 0 aliphatic heterocycles. The number of allylic oxidation sites excluding steroid dienone is 5. The highest BCUT2D eigenvalue weighted by Gasteiger charge is 2.32. The van der Waals surface area contributed by atoms with Gasteiger partial charge in [0, 0.05) is 35.2 Å². The fourth-order valence-corrected chi connectivity index (χ4v) is 5.10. The van der Waals surface area contributed by atoms with E-state index in [1.807, 2.05) is 98.2 Å². The highest BCUT2D eigenvalue weighted by molar-refractivity contribution is 6.52. The molecule has 0 aliphatic rings. The molecule has 0 saturated heterocycles. The fourth-order valence-electron chi connectivity index (χ4n) is 5.10. The summed E-state index contributed by atoms with van der Waals surface area (Å²) in [5.41, 5.74) is 5.08. The molecule has 0 atom stereocenters. The Hall–Kier alpha value is -5.36. The van der Waals surface area contributed by atoms with Gasteiger partial charge in [-0.05, 0) is 62.2 Å². The van der Waals surface area contributed by atoms with E-state index in [1.54, 1.807) is 36.7 Å². The molecule has 0 radical (unpaired) electrons. The van der Waals surface area contributed by atoms with Crippen molar-refractivity contribution < 1.29 is 14.4 Å². The molecule has 3 aromatic carbocycles. The summed E-state index contributed by atoms with van der Waals surface area (Å²) in [6.45, 7) is 6.32. The van der Waals surface area contributed by atoms with E-state index >= 15 is 0 Å². The normalized spacial score (nSPS) is 12.0. The number of anilines is 1. The summed E-state index contributed by atoms with van der Waals surface area (Å²) in [6.07, 6.45) is 12.5. The molecule has 2 amide bonds. The summed E-state index contributed by atoms with van der Waals surface area (Å²) >= 11 is 0. The topological polar surface area (TPSA) is 72.3 Å². The van der Waals surface area contributed by atoms with Crippen molar-refractivity contribution in [3.8, 4) is 0 Å². The number of para-hydroxylation sites is 1. The second-order valence-corrected chi connectivity index (χ2v) is 10.4. The Balaban J connectivity index is 1.56.